The quantitative estimate of drug-likeness (QED) is 0.750. The third-order valence-corrected chi connectivity index (χ3v) is 3.56. The second-order valence-corrected chi connectivity index (χ2v) is 5.15. The summed E-state index contributed by atoms with van der Waals surface area (Å²) < 4.78 is 7.28. The van der Waals surface area contributed by atoms with E-state index in [1.165, 1.54) is 0 Å². The number of rotatable bonds is 4. The number of para-hydroxylation sites is 1. The molecule has 0 unspecified atom stereocenters. The number of imidazole rings is 1. The van der Waals surface area contributed by atoms with Gasteiger partial charge in [-0.05, 0) is 42.8 Å². The third-order valence-electron chi connectivity index (χ3n) is 3.56. The molecule has 1 N–H and O–H groups in total. The first-order valence-corrected chi connectivity index (χ1v) is 7.13. The van der Waals surface area contributed by atoms with E-state index in [0.29, 0.717) is 17.1 Å². The van der Waals surface area contributed by atoms with Gasteiger partial charge >= 0.3 is 5.97 Å². The topological polar surface area (TPSA) is 63.8 Å². The van der Waals surface area contributed by atoms with Crippen molar-refractivity contribution in [2.45, 2.75) is 6.92 Å². The second kappa shape index (κ2) is 5.96. The summed E-state index contributed by atoms with van der Waals surface area (Å²) in [4.78, 5) is 15.6. The van der Waals surface area contributed by atoms with Crippen LogP contribution >= 0.6 is 0 Å². The van der Waals surface area contributed by atoms with Gasteiger partial charge in [0.1, 0.15) is 17.1 Å². The summed E-state index contributed by atoms with van der Waals surface area (Å²) in [6.07, 6.45) is 4.56. The summed E-state index contributed by atoms with van der Waals surface area (Å²) >= 11 is 0. The van der Waals surface area contributed by atoms with Crippen molar-refractivity contribution in [3.05, 3.63) is 59.9 Å². The third kappa shape index (κ3) is 2.81. The van der Waals surface area contributed by atoms with Crippen LogP contribution in [0.4, 0.5) is 0 Å². The summed E-state index contributed by atoms with van der Waals surface area (Å²) in [6.45, 7) is 1.99. The Morgan fingerprint density at radius 3 is 2.83 bits per heavy atom. The first-order valence-electron chi connectivity index (χ1n) is 7.13. The fourth-order valence-corrected chi connectivity index (χ4v) is 2.51. The normalized spacial score (nSPS) is 11.2. The van der Waals surface area contributed by atoms with E-state index >= 15 is 0 Å². The number of aliphatic carboxylic acids is 1. The number of carboxylic acid groups (broad SMARTS) is 1. The Labute approximate surface area is 133 Å². The zero-order valence-corrected chi connectivity index (χ0v) is 12.9. The molecule has 116 valence electrons. The van der Waals surface area contributed by atoms with Crippen LogP contribution in [0.1, 0.15) is 11.3 Å². The number of hydrogen-bond acceptors (Lipinski definition) is 3. The van der Waals surface area contributed by atoms with E-state index in [1.54, 1.807) is 13.2 Å². The minimum absolute atomic E-state index is 0.686. The number of carboxylic acids is 1. The molecule has 0 amide bonds. The zero-order valence-electron chi connectivity index (χ0n) is 12.9. The van der Waals surface area contributed by atoms with Gasteiger partial charge in [-0.2, -0.15) is 0 Å². The van der Waals surface area contributed by atoms with Gasteiger partial charge in [-0.15, -0.1) is 0 Å². The average Bonchev–Trinajstić information content (AvgIpc) is 2.90. The summed E-state index contributed by atoms with van der Waals surface area (Å²) in [7, 11) is 1.60. The standard InChI is InChI=1S/C18H16N2O3/c1-12-9-10-20-14(7-8-17(21)22)18(19-16(20)11-12)13-5-3-4-6-15(13)23-2/h3-11H,1-2H3,(H,21,22)/b8-7+. The number of nitrogens with zero attached hydrogens (tertiary/aromatic N) is 2. The van der Waals surface area contributed by atoms with Gasteiger partial charge in [-0.1, -0.05) is 12.1 Å². The van der Waals surface area contributed by atoms with Crippen LogP contribution in [-0.4, -0.2) is 27.6 Å². The Morgan fingerprint density at radius 2 is 2.09 bits per heavy atom. The first kappa shape index (κ1) is 14.8. The number of hydrogen-bond donors (Lipinski definition) is 1. The summed E-state index contributed by atoms with van der Waals surface area (Å²) in [6, 6.07) is 11.5. The van der Waals surface area contributed by atoms with Crippen molar-refractivity contribution in [1.82, 2.24) is 9.38 Å². The molecule has 0 aliphatic carbocycles. The largest absolute Gasteiger partial charge is 0.496 e. The molecule has 2 heterocycles. The minimum Gasteiger partial charge on any atom is -0.496 e. The highest BCUT2D eigenvalue weighted by Gasteiger charge is 2.15. The number of aromatic nitrogens is 2. The molecule has 0 bridgehead atoms. The average molecular weight is 308 g/mol. The maximum absolute atomic E-state index is 10.9. The molecule has 5 nitrogen and oxygen atoms in total. The van der Waals surface area contributed by atoms with E-state index in [1.807, 2.05) is 53.9 Å². The van der Waals surface area contributed by atoms with Crippen LogP contribution in [-0.2, 0) is 4.79 Å². The molecule has 2 aromatic heterocycles. The van der Waals surface area contributed by atoms with Crippen LogP contribution < -0.4 is 4.74 Å². The maximum atomic E-state index is 10.9. The Balaban J connectivity index is 2.30. The fraction of sp³-hybridized carbons (Fsp3) is 0.111. The number of carbonyl (C=O) groups is 1. The molecule has 5 heteroatoms. The number of fused-ring (bicyclic) bond motifs is 1. The Bertz CT molecular complexity index is 910. The second-order valence-electron chi connectivity index (χ2n) is 5.15. The van der Waals surface area contributed by atoms with Crippen molar-refractivity contribution >= 4 is 17.7 Å². The lowest BCUT2D eigenvalue weighted by Gasteiger charge is -2.06. The van der Waals surface area contributed by atoms with E-state index in [2.05, 4.69) is 4.98 Å². The van der Waals surface area contributed by atoms with Crippen molar-refractivity contribution in [3.8, 4) is 17.0 Å². The van der Waals surface area contributed by atoms with Crippen LogP contribution in [0.15, 0.2) is 48.7 Å². The summed E-state index contributed by atoms with van der Waals surface area (Å²) in [5, 5.41) is 8.95. The van der Waals surface area contributed by atoms with Crippen molar-refractivity contribution in [3.63, 3.8) is 0 Å². The smallest absolute Gasteiger partial charge is 0.328 e. The van der Waals surface area contributed by atoms with Crippen LogP contribution in [0.5, 0.6) is 5.75 Å². The van der Waals surface area contributed by atoms with Crippen LogP contribution in [0.3, 0.4) is 0 Å². The maximum Gasteiger partial charge on any atom is 0.328 e. The first-order chi connectivity index (χ1) is 11.1. The van der Waals surface area contributed by atoms with Crippen LogP contribution in [0.2, 0.25) is 0 Å². The van der Waals surface area contributed by atoms with Gasteiger partial charge in [0.2, 0.25) is 0 Å². The Hall–Kier alpha value is -3.08. The van der Waals surface area contributed by atoms with Gasteiger partial charge in [-0.25, -0.2) is 9.78 Å². The van der Waals surface area contributed by atoms with Gasteiger partial charge in [0.15, 0.2) is 0 Å². The van der Waals surface area contributed by atoms with E-state index in [-0.39, 0.29) is 0 Å². The molecule has 0 spiro atoms. The van der Waals surface area contributed by atoms with Gasteiger partial charge in [0.05, 0.1) is 12.8 Å². The highest BCUT2D eigenvalue weighted by Crippen LogP contribution is 2.32. The highest BCUT2D eigenvalue weighted by molar-refractivity contribution is 5.88. The molecule has 0 radical (unpaired) electrons. The fourth-order valence-electron chi connectivity index (χ4n) is 2.51. The zero-order chi connectivity index (χ0) is 16.4. The lowest BCUT2D eigenvalue weighted by molar-refractivity contribution is -0.131. The van der Waals surface area contributed by atoms with Gasteiger partial charge < -0.3 is 9.84 Å². The lowest BCUT2D eigenvalue weighted by Crippen LogP contribution is -1.92. The molecule has 0 atom stereocenters. The molecule has 0 aliphatic heterocycles. The number of pyridine rings is 1. The molecule has 1 aromatic carbocycles. The predicted molar refractivity (Wildman–Crippen MR) is 88.6 cm³/mol. The minimum atomic E-state index is -1.00. The number of methoxy groups -OCH3 is 1. The molecule has 0 saturated heterocycles. The van der Waals surface area contributed by atoms with Gasteiger partial charge in [0.25, 0.3) is 0 Å². The predicted octanol–water partition coefficient (Wildman–Crippen LogP) is 3.42. The van der Waals surface area contributed by atoms with Crippen molar-refractivity contribution < 1.29 is 14.6 Å². The SMILES string of the molecule is COc1ccccc1-c1nc2cc(C)ccn2c1/C=C/C(=O)O. The Morgan fingerprint density at radius 1 is 1.30 bits per heavy atom. The summed E-state index contributed by atoms with van der Waals surface area (Å²) in [5.74, 6) is -0.310. The van der Waals surface area contributed by atoms with E-state index in [0.717, 1.165) is 22.9 Å². The molecule has 3 aromatic rings. The molecular formula is C18H16N2O3. The summed E-state index contributed by atoms with van der Waals surface area (Å²) in [5.41, 5.74) is 4.05. The van der Waals surface area contributed by atoms with Crippen LogP contribution in [0.25, 0.3) is 23.0 Å². The van der Waals surface area contributed by atoms with Crippen molar-refractivity contribution in [1.29, 1.82) is 0 Å². The van der Waals surface area contributed by atoms with E-state index < -0.39 is 5.97 Å². The molecule has 3 rings (SSSR count). The van der Waals surface area contributed by atoms with Gasteiger partial charge in [0, 0.05) is 17.8 Å². The molecule has 0 saturated carbocycles. The van der Waals surface area contributed by atoms with E-state index in [9.17, 15) is 4.79 Å². The highest BCUT2D eigenvalue weighted by atomic mass is 16.5. The van der Waals surface area contributed by atoms with E-state index in [4.69, 9.17) is 9.84 Å². The lowest BCUT2D eigenvalue weighted by atomic mass is 10.1. The molecular weight excluding hydrogens is 292 g/mol. The molecule has 0 aliphatic rings. The monoisotopic (exact) mass is 308 g/mol. The molecule has 23 heavy (non-hydrogen) atoms. The van der Waals surface area contributed by atoms with Crippen molar-refractivity contribution in [2.75, 3.05) is 7.11 Å². The number of benzene rings is 1. The van der Waals surface area contributed by atoms with Crippen LogP contribution in [0, 0.1) is 6.92 Å². The molecule has 0 fully saturated rings. The Kier molecular flexibility index (Phi) is 3.85. The van der Waals surface area contributed by atoms with Gasteiger partial charge in [-0.3, -0.25) is 4.40 Å². The number of aryl methyl sites for hydroxylation is 1. The van der Waals surface area contributed by atoms with Crippen molar-refractivity contribution in [2.24, 2.45) is 0 Å². The number of ether oxygens (including phenoxy) is 1.